The highest BCUT2D eigenvalue weighted by Crippen LogP contribution is 2.34. The molecule has 104 valence electrons. The molecule has 2 unspecified atom stereocenters. The van der Waals surface area contributed by atoms with Gasteiger partial charge in [-0.25, -0.2) is 4.98 Å². The monoisotopic (exact) mass is 268 g/mol. The second-order valence-corrected chi connectivity index (χ2v) is 6.04. The zero-order chi connectivity index (χ0) is 13.5. The standard InChI is InChI=1S/C17H20N2O/c1-12-17(14-8-10-19(12)11-9-14)20-16-7-6-13-4-2-3-5-15(13)18-16/h2-7,12,14,17H,8-11H2,1H3. The molecule has 3 aliphatic heterocycles. The van der Waals surface area contributed by atoms with Crippen LogP contribution >= 0.6 is 0 Å². The first-order chi connectivity index (χ1) is 9.81. The van der Waals surface area contributed by atoms with Gasteiger partial charge in [0.1, 0.15) is 6.10 Å². The van der Waals surface area contributed by atoms with Crippen molar-refractivity contribution in [3.8, 4) is 5.88 Å². The van der Waals surface area contributed by atoms with Crippen molar-refractivity contribution >= 4 is 10.9 Å². The lowest BCUT2D eigenvalue weighted by Crippen LogP contribution is -2.58. The third-order valence-corrected chi connectivity index (χ3v) is 4.92. The first-order valence-electron chi connectivity index (χ1n) is 7.58. The molecule has 0 saturated carbocycles. The lowest BCUT2D eigenvalue weighted by atomic mass is 9.81. The van der Waals surface area contributed by atoms with Crippen LogP contribution in [-0.4, -0.2) is 35.1 Å². The number of para-hydroxylation sites is 1. The molecule has 0 N–H and O–H groups in total. The average molecular weight is 268 g/mol. The van der Waals surface area contributed by atoms with E-state index in [9.17, 15) is 0 Å². The fourth-order valence-corrected chi connectivity index (χ4v) is 3.70. The summed E-state index contributed by atoms with van der Waals surface area (Å²) in [5, 5.41) is 1.17. The molecule has 0 amide bonds. The van der Waals surface area contributed by atoms with Gasteiger partial charge in [0, 0.05) is 17.5 Å². The van der Waals surface area contributed by atoms with Crippen LogP contribution in [0.4, 0.5) is 0 Å². The summed E-state index contributed by atoms with van der Waals surface area (Å²) in [5.41, 5.74) is 1.01. The molecule has 3 saturated heterocycles. The zero-order valence-corrected chi connectivity index (χ0v) is 11.8. The van der Waals surface area contributed by atoms with Crippen LogP contribution in [0.1, 0.15) is 19.8 Å². The molecule has 2 aromatic rings. The number of benzene rings is 1. The van der Waals surface area contributed by atoms with E-state index >= 15 is 0 Å². The Morgan fingerprint density at radius 3 is 2.70 bits per heavy atom. The number of aromatic nitrogens is 1. The molecule has 1 aromatic carbocycles. The maximum atomic E-state index is 6.26. The van der Waals surface area contributed by atoms with Crippen molar-refractivity contribution in [2.24, 2.45) is 5.92 Å². The van der Waals surface area contributed by atoms with Gasteiger partial charge in [-0.1, -0.05) is 18.2 Å². The van der Waals surface area contributed by atoms with Gasteiger partial charge >= 0.3 is 0 Å². The molecule has 2 atom stereocenters. The van der Waals surface area contributed by atoms with Crippen LogP contribution < -0.4 is 4.74 Å². The summed E-state index contributed by atoms with van der Waals surface area (Å²) in [6.07, 6.45) is 2.83. The zero-order valence-electron chi connectivity index (χ0n) is 11.8. The summed E-state index contributed by atoms with van der Waals surface area (Å²) < 4.78 is 6.26. The van der Waals surface area contributed by atoms with Crippen molar-refractivity contribution in [3.05, 3.63) is 36.4 Å². The second kappa shape index (κ2) is 4.74. The fraction of sp³-hybridized carbons (Fsp3) is 0.471. The van der Waals surface area contributed by atoms with Gasteiger partial charge in [0.25, 0.3) is 0 Å². The smallest absolute Gasteiger partial charge is 0.214 e. The minimum atomic E-state index is 0.297. The minimum Gasteiger partial charge on any atom is -0.472 e. The number of hydrogen-bond acceptors (Lipinski definition) is 3. The van der Waals surface area contributed by atoms with Crippen molar-refractivity contribution in [2.45, 2.75) is 31.9 Å². The highest BCUT2D eigenvalue weighted by Gasteiger charge is 2.41. The first kappa shape index (κ1) is 12.2. The Morgan fingerprint density at radius 1 is 1.10 bits per heavy atom. The number of piperidine rings is 3. The lowest BCUT2D eigenvalue weighted by molar-refractivity contribution is -0.0524. The van der Waals surface area contributed by atoms with Gasteiger partial charge in [-0.2, -0.15) is 0 Å². The van der Waals surface area contributed by atoms with Gasteiger partial charge in [0.2, 0.25) is 5.88 Å². The maximum Gasteiger partial charge on any atom is 0.214 e. The Bertz CT molecular complexity index is 617. The Morgan fingerprint density at radius 2 is 1.90 bits per heavy atom. The summed E-state index contributed by atoms with van der Waals surface area (Å²) in [6, 6.07) is 12.8. The summed E-state index contributed by atoms with van der Waals surface area (Å²) in [7, 11) is 0. The van der Waals surface area contributed by atoms with Crippen molar-refractivity contribution < 1.29 is 4.74 Å². The molecule has 20 heavy (non-hydrogen) atoms. The van der Waals surface area contributed by atoms with Gasteiger partial charge in [-0.05, 0) is 50.9 Å². The van der Waals surface area contributed by atoms with Crippen LogP contribution in [0.25, 0.3) is 10.9 Å². The van der Waals surface area contributed by atoms with Gasteiger partial charge < -0.3 is 4.74 Å². The highest BCUT2D eigenvalue weighted by atomic mass is 16.5. The van der Waals surface area contributed by atoms with E-state index in [4.69, 9.17) is 4.74 Å². The number of ether oxygens (including phenoxy) is 1. The van der Waals surface area contributed by atoms with Crippen LogP contribution in [0.5, 0.6) is 5.88 Å². The second-order valence-electron chi connectivity index (χ2n) is 6.04. The van der Waals surface area contributed by atoms with Gasteiger partial charge in [-0.3, -0.25) is 4.90 Å². The van der Waals surface area contributed by atoms with E-state index in [2.05, 4.69) is 28.9 Å². The van der Waals surface area contributed by atoms with E-state index < -0.39 is 0 Å². The number of pyridine rings is 1. The van der Waals surface area contributed by atoms with E-state index in [0.717, 1.165) is 11.4 Å². The molecule has 3 fully saturated rings. The summed E-state index contributed by atoms with van der Waals surface area (Å²) in [5.74, 6) is 1.47. The van der Waals surface area contributed by atoms with Crippen LogP contribution in [0, 0.1) is 5.92 Å². The molecule has 3 nitrogen and oxygen atoms in total. The van der Waals surface area contributed by atoms with Gasteiger partial charge in [0.05, 0.1) is 5.52 Å². The molecule has 3 heteroatoms. The number of nitrogens with zero attached hydrogens (tertiary/aromatic N) is 2. The molecule has 0 radical (unpaired) electrons. The summed E-state index contributed by atoms with van der Waals surface area (Å²) in [4.78, 5) is 7.19. The largest absolute Gasteiger partial charge is 0.472 e. The lowest BCUT2D eigenvalue weighted by Gasteiger charge is -2.49. The molecular weight excluding hydrogens is 248 g/mol. The van der Waals surface area contributed by atoms with Crippen LogP contribution in [0.3, 0.4) is 0 Å². The highest BCUT2D eigenvalue weighted by molar-refractivity contribution is 5.78. The predicted molar refractivity (Wildman–Crippen MR) is 79.9 cm³/mol. The van der Waals surface area contributed by atoms with E-state index in [1.54, 1.807) is 0 Å². The molecule has 2 bridgehead atoms. The molecule has 4 heterocycles. The van der Waals surface area contributed by atoms with Crippen molar-refractivity contribution in [2.75, 3.05) is 13.1 Å². The van der Waals surface area contributed by atoms with Crippen molar-refractivity contribution in [3.63, 3.8) is 0 Å². The Hall–Kier alpha value is -1.61. The fourth-order valence-electron chi connectivity index (χ4n) is 3.70. The average Bonchev–Trinajstić information content (AvgIpc) is 2.51. The van der Waals surface area contributed by atoms with E-state index in [1.807, 2.05) is 24.3 Å². The maximum absolute atomic E-state index is 6.26. The normalized spacial score (nSPS) is 32.5. The minimum absolute atomic E-state index is 0.297. The van der Waals surface area contributed by atoms with E-state index in [-0.39, 0.29) is 0 Å². The molecule has 3 aliphatic rings. The first-order valence-corrected chi connectivity index (χ1v) is 7.58. The van der Waals surface area contributed by atoms with Crippen LogP contribution in [-0.2, 0) is 0 Å². The molecular formula is C17H20N2O. The number of rotatable bonds is 2. The quantitative estimate of drug-likeness (QED) is 0.837. The topological polar surface area (TPSA) is 25.4 Å². The third kappa shape index (κ3) is 1.97. The van der Waals surface area contributed by atoms with Gasteiger partial charge in [0.15, 0.2) is 0 Å². The number of hydrogen-bond donors (Lipinski definition) is 0. The molecule has 0 spiro atoms. The molecule has 0 aliphatic carbocycles. The van der Waals surface area contributed by atoms with E-state index in [1.165, 1.54) is 31.3 Å². The van der Waals surface area contributed by atoms with Gasteiger partial charge in [-0.15, -0.1) is 0 Å². The Kier molecular flexibility index (Phi) is 2.88. The molecule has 1 aromatic heterocycles. The van der Waals surface area contributed by atoms with Crippen LogP contribution in [0.15, 0.2) is 36.4 Å². The van der Waals surface area contributed by atoms with Crippen LogP contribution in [0.2, 0.25) is 0 Å². The Labute approximate surface area is 119 Å². The Balaban J connectivity index is 1.60. The predicted octanol–water partition coefficient (Wildman–Crippen LogP) is 3.10. The molecule has 5 rings (SSSR count). The van der Waals surface area contributed by atoms with Crippen molar-refractivity contribution in [1.29, 1.82) is 0 Å². The number of fused-ring (bicyclic) bond motifs is 4. The third-order valence-electron chi connectivity index (χ3n) is 4.92. The van der Waals surface area contributed by atoms with E-state index in [0.29, 0.717) is 18.1 Å². The summed E-state index contributed by atoms with van der Waals surface area (Å²) >= 11 is 0. The van der Waals surface area contributed by atoms with Crippen molar-refractivity contribution in [1.82, 2.24) is 9.88 Å². The summed E-state index contributed by atoms with van der Waals surface area (Å²) in [6.45, 7) is 4.75. The SMILES string of the molecule is CC1C(Oc2ccc3ccccc3n2)C2CCN1CC2.